The number of hydrogen-bond donors (Lipinski definition) is 2. The van der Waals surface area contributed by atoms with Gasteiger partial charge in [0.2, 0.25) is 0 Å². The van der Waals surface area contributed by atoms with E-state index in [0.29, 0.717) is 23.2 Å². The van der Waals surface area contributed by atoms with E-state index < -0.39 is 0 Å². The van der Waals surface area contributed by atoms with Gasteiger partial charge in [-0.1, -0.05) is 27.5 Å². The maximum atomic E-state index is 11.8. The van der Waals surface area contributed by atoms with Gasteiger partial charge in [0.05, 0.1) is 10.6 Å². The lowest BCUT2D eigenvalue weighted by molar-refractivity contribution is 0.0954. The van der Waals surface area contributed by atoms with E-state index in [0.717, 1.165) is 11.0 Å². The van der Waals surface area contributed by atoms with Crippen molar-refractivity contribution < 1.29 is 4.79 Å². The van der Waals surface area contributed by atoms with Crippen LogP contribution < -0.4 is 10.6 Å². The third-order valence-electron chi connectivity index (χ3n) is 2.60. The van der Waals surface area contributed by atoms with Crippen molar-refractivity contribution >= 4 is 33.4 Å². The first kappa shape index (κ1) is 12.9. The molecule has 0 heterocycles. The third-order valence-corrected chi connectivity index (χ3v) is 3.40. The van der Waals surface area contributed by atoms with Crippen molar-refractivity contribution in [3.8, 4) is 0 Å². The fourth-order valence-corrected chi connectivity index (χ4v) is 2.27. The van der Waals surface area contributed by atoms with E-state index in [1.807, 2.05) is 6.07 Å². The Morgan fingerprint density at radius 1 is 1.41 bits per heavy atom. The van der Waals surface area contributed by atoms with E-state index in [2.05, 4.69) is 26.6 Å². The van der Waals surface area contributed by atoms with Gasteiger partial charge in [-0.15, -0.1) is 0 Å². The summed E-state index contributed by atoms with van der Waals surface area (Å²) in [5.41, 5.74) is 0.515. The summed E-state index contributed by atoms with van der Waals surface area (Å²) >= 11 is 9.30. The molecule has 1 fully saturated rings. The lowest BCUT2D eigenvalue weighted by atomic mass is 10.2. The summed E-state index contributed by atoms with van der Waals surface area (Å²) in [6.07, 6.45) is 2.51. The largest absolute Gasteiger partial charge is 0.351 e. The predicted molar refractivity (Wildman–Crippen MR) is 72.5 cm³/mol. The van der Waals surface area contributed by atoms with Crippen LogP contribution in [0.5, 0.6) is 0 Å². The number of hydrogen-bond acceptors (Lipinski definition) is 2. The maximum Gasteiger partial charge on any atom is 0.252 e. The van der Waals surface area contributed by atoms with Crippen LogP contribution in [0.3, 0.4) is 0 Å². The molecule has 0 bridgehead atoms. The third kappa shape index (κ3) is 3.98. The molecular weight excluding hydrogens is 304 g/mol. The molecule has 17 heavy (non-hydrogen) atoms. The highest BCUT2D eigenvalue weighted by Crippen LogP contribution is 2.21. The van der Waals surface area contributed by atoms with Crippen LogP contribution in [0.2, 0.25) is 5.02 Å². The molecule has 1 aliphatic carbocycles. The molecule has 1 amide bonds. The van der Waals surface area contributed by atoms with Crippen molar-refractivity contribution in [1.82, 2.24) is 10.6 Å². The SMILES string of the molecule is O=C(NCCNC1CC1)c1ccc(Br)cc1Cl. The Kier molecular flexibility index (Phi) is 4.42. The van der Waals surface area contributed by atoms with Gasteiger partial charge in [-0.05, 0) is 31.0 Å². The predicted octanol–water partition coefficient (Wildman–Crippen LogP) is 2.58. The first-order chi connectivity index (χ1) is 8.16. The highest BCUT2D eigenvalue weighted by atomic mass is 79.9. The van der Waals surface area contributed by atoms with Gasteiger partial charge in [0, 0.05) is 23.6 Å². The van der Waals surface area contributed by atoms with Gasteiger partial charge in [0.15, 0.2) is 0 Å². The van der Waals surface area contributed by atoms with E-state index in [1.165, 1.54) is 12.8 Å². The molecule has 5 heteroatoms. The van der Waals surface area contributed by atoms with Crippen LogP contribution >= 0.6 is 27.5 Å². The van der Waals surface area contributed by atoms with Crippen molar-refractivity contribution in [1.29, 1.82) is 0 Å². The van der Waals surface area contributed by atoms with E-state index >= 15 is 0 Å². The smallest absolute Gasteiger partial charge is 0.252 e. The van der Waals surface area contributed by atoms with Gasteiger partial charge < -0.3 is 10.6 Å². The number of nitrogens with one attached hydrogen (secondary N) is 2. The van der Waals surface area contributed by atoms with Gasteiger partial charge in [0.1, 0.15) is 0 Å². The van der Waals surface area contributed by atoms with Crippen LogP contribution in [0.25, 0.3) is 0 Å². The lowest BCUT2D eigenvalue weighted by Crippen LogP contribution is -2.32. The Balaban J connectivity index is 1.81. The summed E-state index contributed by atoms with van der Waals surface area (Å²) in [5.74, 6) is -0.125. The number of amides is 1. The minimum Gasteiger partial charge on any atom is -0.351 e. The molecule has 0 atom stereocenters. The molecule has 3 nitrogen and oxygen atoms in total. The second-order valence-corrected chi connectivity index (χ2v) is 5.43. The van der Waals surface area contributed by atoms with Crippen LogP contribution in [0.4, 0.5) is 0 Å². The summed E-state index contributed by atoms with van der Waals surface area (Å²) in [5, 5.41) is 6.64. The number of rotatable bonds is 5. The topological polar surface area (TPSA) is 41.1 Å². The van der Waals surface area contributed by atoms with Crippen molar-refractivity contribution in [2.45, 2.75) is 18.9 Å². The minimum atomic E-state index is -0.125. The maximum absolute atomic E-state index is 11.8. The number of benzene rings is 1. The van der Waals surface area contributed by atoms with Crippen molar-refractivity contribution in [2.75, 3.05) is 13.1 Å². The first-order valence-electron chi connectivity index (χ1n) is 5.63. The monoisotopic (exact) mass is 316 g/mol. The van der Waals surface area contributed by atoms with E-state index in [-0.39, 0.29) is 5.91 Å². The van der Waals surface area contributed by atoms with Gasteiger partial charge >= 0.3 is 0 Å². The molecular formula is C12H14BrClN2O. The van der Waals surface area contributed by atoms with Crippen molar-refractivity contribution in [2.24, 2.45) is 0 Å². The zero-order valence-electron chi connectivity index (χ0n) is 9.30. The molecule has 0 radical (unpaired) electrons. The number of carbonyl (C=O) groups excluding carboxylic acids is 1. The van der Waals surface area contributed by atoms with Gasteiger partial charge in [0.25, 0.3) is 5.91 Å². The number of halogens is 2. The Hall–Kier alpha value is -0.580. The van der Waals surface area contributed by atoms with E-state index in [4.69, 9.17) is 11.6 Å². The van der Waals surface area contributed by atoms with Crippen LogP contribution in [0, 0.1) is 0 Å². The van der Waals surface area contributed by atoms with Crippen LogP contribution in [-0.2, 0) is 0 Å². The summed E-state index contributed by atoms with van der Waals surface area (Å²) in [6, 6.07) is 5.92. The minimum absolute atomic E-state index is 0.125. The average molecular weight is 318 g/mol. The van der Waals surface area contributed by atoms with Gasteiger partial charge in [-0.25, -0.2) is 0 Å². The molecule has 1 aromatic carbocycles. The Morgan fingerprint density at radius 2 is 2.18 bits per heavy atom. The molecule has 0 aromatic heterocycles. The zero-order valence-corrected chi connectivity index (χ0v) is 11.6. The number of carbonyl (C=O) groups is 1. The average Bonchev–Trinajstić information content (AvgIpc) is 3.08. The second-order valence-electron chi connectivity index (χ2n) is 4.11. The molecule has 0 aliphatic heterocycles. The quantitative estimate of drug-likeness (QED) is 0.820. The summed E-state index contributed by atoms with van der Waals surface area (Å²) < 4.78 is 0.870. The lowest BCUT2D eigenvalue weighted by Gasteiger charge is -2.07. The molecule has 92 valence electrons. The summed E-state index contributed by atoms with van der Waals surface area (Å²) in [7, 11) is 0. The molecule has 0 spiro atoms. The zero-order chi connectivity index (χ0) is 12.3. The molecule has 0 saturated heterocycles. The van der Waals surface area contributed by atoms with Gasteiger partial charge in [-0.2, -0.15) is 0 Å². The highest BCUT2D eigenvalue weighted by molar-refractivity contribution is 9.10. The van der Waals surface area contributed by atoms with E-state index in [1.54, 1.807) is 12.1 Å². The Labute approximate surface area is 114 Å². The van der Waals surface area contributed by atoms with Crippen LogP contribution in [0.15, 0.2) is 22.7 Å². The fourth-order valence-electron chi connectivity index (χ4n) is 1.51. The van der Waals surface area contributed by atoms with Crippen LogP contribution in [-0.4, -0.2) is 25.0 Å². The molecule has 1 saturated carbocycles. The second kappa shape index (κ2) is 5.85. The molecule has 2 N–H and O–H groups in total. The molecule has 0 unspecified atom stereocenters. The molecule has 2 rings (SSSR count). The summed E-state index contributed by atoms with van der Waals surface area (Å²) in [4.78, 5) is 11.8. The normalized spacial score (nSPS) is 14.7. The Bertz CT molecular complexity index is 421. The van der Waals surface area contributed by atoms with Gasteiger partial charge in [-0.3, -0.25) is 4.79 Å². The standard InChI is InChI=1S/C12H14BrClN2O/c13-8-1-4-10(11(14)7-8)12(17)16-6-5-15-9-2-3-9/h1,4,7,9,15H,2-3,5-6H2,(H,16,17). The van der Waals surface area contributed by atoms with Crippen molar-refractivity contribution in [3.05, 3.63) is 33.3 Å². The fraction of sp³-hybridized carbons (Fsp3) is 0.417. The first-order valence-corrected chi connectivity index (χ1v) is 6.80. The molecule has 1 aliphatic rings. The van der Waals surface area contributed by atoms with Crippen LogP contribution in [0.1, 0.15) is 23.2 Å². The summed E-state index contributed by atoms with van der Waals surface area (Å²) in [6.45, 7) is 1.44. The highest BCUT2D eigenvalue weighted by Gasteiger charge is 2.19. The van der Waals surface area contributed by atoms with Crippen molar-refractivity contribution in [3.63, 3.8) is 0 Å². The molecule has 1 aromatic rings. The Morgan fingerprint density at radius 3 is 2.82 bits per heavy atom. The van der Waals surface area contributed by atoms with E-state index in [9.17, 15) is 4.79 Å².